The van der Waals surface area contributed by atoms with Gasteiger partial charge >= 0.3 is 12.2 Å². The predicted octanol–water partition coefficient (Wildman–Crippen LogP) is 2.58. The van der Waals surface area contributed by atoms with Crippen LogP contribution in [0, 0.1) is 5.41 Å². The van der Waals surface area contributed by atoms with Gasteiger partial charge in [-0.1, -0.05) is 51.1 Å². The number of carbonyl (C=O) groups is 4. The molecule has 4 amide bonds. The maximum absolute atomic E-state index is 13.6. The van der Waals surface area contributed by atoms with E-state index >= 15 is 0 Å². The third-order valence-corrected chi connectivity index (χ3v) is 7.12. The third kappa shape index (κ3) is 6.06. The summed E-state index contributed by atoms with van der Waals surface area (Å²) < 4.78 is 11.1. The van der Waals surface area contributed by atoms with Crippen LogP contribution >= 0.6 is 0 Å². The van der Waals surface area contributed by atoms with E-state index in [-0.39, 0.29) is 19.6 Å². The molecule has 4 aliphatic heterocycles. The van der Waals surface area contributed by atoms with Gasteiger partial charge < -0.3 is 30.3 Å². The molecule has 1 aromatic rings. The van der Waals surface area contributed by atoms with Gasteiger partial charge in [0.05, 0.1) is 13.2 Å². The molecule has 5 rings (SSSR count). The number of ether oxygens (including phenoxy) is 2. The Balaban J connectivity index is 1.61. The van der Waals surface area contributed by atoms with Crippen LogP contribution in [0.1, 0.15) is 56.7 Å². The van der Waals surface area contributed by atoms with Gasteiger partial charge in [-0.05, 0) is 41.4 Å². The summed E-state index contributed by atoms with van der Waals surface area (Å²) in [6, 6.07) is 4.12. The van der Waals surface area contributed by atoms with E-state index in [1.165, 1.54) is 10.5 Å². The van der Waals surface area contributed by atoms with Crippen LogP contribution in [-0.4, -0.2) is 71.7 Å². The molecule has 37 heavy (non-hydrogen) atoms. The molecule has 0 aromatic heterocycles. The van der Waals surface area contributed by atoms with Crippen molar-refractivity contribution in [2.75, 3.05) is 19.7 Å². The zero-order chi connectivity index (χ0) is 26.7. The van der Waals surface area contributed by atoms with Crippen LogP contribution in [0.4, 0.5) is 9.59 Å². The van der Waals surface area contributed by atoms with Crippen LogP contribution in [0.3, 0.4) is 0 Å². The standard InChI is InChI=1S/C27H36N4O6/c1-27(2,3)22-24(33)31-16-19(14-21(31)23(28)32)37-26(35)30-12-11-20-17(9-7-10-18(20)15-30)8-5-4-6-13-36-25(34)29-22/h5,7-10,19,21-22H,4,6,11-16H2,1-3H3,(H2,28,32)(H,29,34)/b8-5+/t19-,21?,22-/m1/s1. The van der Waals surface area contributed by atoms with E-state index in [0.717, 1.165) is 11.1 Å². The van der Waals surface area contributed by atoms with Crippen molar-refractivity contribution >= 4 is 30.1 Å². The Morgan fingerprint density at radius 1 is 1.19 bits per heavy atom. The maximum Gasteiger partial charge on any atom is 0.410 e. The number of nitrogens with two attached hydrogens (primary N) is 1. The number of nitrogens with one attached hydrogen (secondary N) is 1. The fraction of sp³-hybridized carbons (Fsp3) is 0.556. The highest BCUT2D eigenvalue weighted by molar-refractivity contribution is 5.92. The average molecular weight is 513 g/mol. The number of carbonyl (C=O) groups excluding carboxylic acids is 4. The van der Waals surface area contributed by atoms with Crippen molar-refractivity contribution in [1.82, 2.24) is 15.1 Å². The normalized spacial score (nSPS) is 26.2. The number of alkyl carbamates (subject to hydrolysis) is 1. The second-order valence-corrected chi connectivity index (χ2v) is 10.9. The Labute approximate surface area is 217 Å². The molecule has 4 aliphatic rings. The molecule has 200 valence electrons. The lowest BCUT2D eigenvalue weighted by atomic mass is 9.85. The monoisotopic (exact) mass is 512 g/mol. The minimum atomic E-state index is -0.965. The smallest absolute Gasteiger partial charge is 0.410 e. The van der Waals surface area contributed by atoms with Gasteiger partial charge in [-0.25, -0.2) is 9.59 Å². The number of benzene rings is 1. The molecule has 3 atom stereocenters. The summed E-state index contributed by atoms with van der Waals surface area (Å²) in [6.45, 7) is 6.59. The van der Waals surface area contributed by atoms with Crippen molar-refractivity contribution in [3.05, 3.63) is 41.0 Å². The van der Waals surface area contributed by atoms with E-state index in [9.17, 15) is 19.2 Å². The lowest BCUT2D eigenvalue weighted by Gasteiger charge is -2.34. The number of fused-ring (bicyclic) bond motifs is 10. The van der Waals surface area contributed by atoms with Crippen LogP contribution in [0.2, 0.25) is 0 Å². The number of amides is 4. The van der Waals surface area contributed by atoms with E-state index < -0.39 is 47.6 Å². The first kappa shape index (κ1) is 26.5. The van der Waals surface area contributed by atoms with Gasteiger partial charge in [-0.15, -0.1) is 0 Å². The topological polar surface area (TPSA) is 131 Å². The zero-order valence-electron chi connectivity index (χ0n) is 21.7. The van der Waals surface area contributed by atoms with Gasteiger partial charge in [0, 0.05) is 19.5 Å². The molecule has 10 nitrogen and oxygen atoms in total. The van der Waals surface area contributed by atoms with E-state index in [1.54, 1.807) is 4.90 Å². The summed E-state index contributed by atoms with van der Waals surface area (Å²) >= 11 is 0. The highest BCUT2D eigenvalue weighted by Gasteiger charge is 2.46. The molecule has 1 saturated heterocycles. The third-order valence-electron chi connectivity index (χ3n) is 7.12. The molecule has 1 unspecified atom stereocenters. The maximum atomic E-state index is 13.6. The molecule has 0 spiro atoms. The fourth-order valence-corrected chi connectivity index (χ4v) is 5.11. The van der Waals surface area contributed by atoms with Crippen LogP contribution in [0.5, 0.6) is 0 Å². The Morgan fingerprint density at radius 2 is 1.97 bits per heavy atom. The predicted molar refractivity (Wildman–Crippen MR) is 136 cm³/mol. The van der Waals surface area contributed by atoms with Gasteiger partial charge in [0.1, 0.15) is 18.2 Å². The molecular weight excluding hydrogens is 476 g/mol. The molecule has 1 aromatic carbocycles. The second-order valence-electron chi connectivity index (χ2n) is 10.9. The summed E-state index contributed by atoms with van der Waals surface area (Å²) in [7, 11) is 0. The second kappa shape index (κ2) is 10.8. The quantitative estimate of drug-likeness (QED) is 0.595. The van der Waals surface area contributed by atoms with Crippen LogP contribution < -0.4 is 11.1 Å². The number of hydrogen-bond donors (Lipinski definition) is 2. The van der Waals surface area contributed by atoms with Crippen molar-refractivity contribution in [2.24, 2.45) is 11.1 Å². The van der Waals surface area contributed by atoms with Gasteiger partial charge in [0.25, 0.3) is 0 Å². The highest BCUT2D eigenvalue weighted by Crippen LogP contribution is 2.29. The van der Waals surface area contributed by atoms with Gasteiger partial charge in [-0.3, -0.25) is 9.59 Å². The van der Waals surface area contributed by atoms with Gasteiger partial charge in [-0.2, -0.15) is 0 Å². The molecule has 1 fully saturated rings. The number of rotatable bonds is 1. The Morgan fingerprint density at radius 3 is 2.70 bits per heavy atom. The fourth-order valence-electron chi connectivity index (χ4n) is 5.11. The lowest BCUT2D eigenvalue weighted by molar-refractivity contribution is -0.141. The minimum absolute atomic E-state index is 0.0147. The lowest BCUT2D eigenvalue weighted by Crippen LogP contribution is -2.57. The van der Waals surface area contributed by atoms with Crippen LogP contribution in [0.15, 0.2) is 24.3 Å². The molecule has 3 N–H and O–H groups in total. The molecule has 0 saturated carbocycles. The van der Waals surface area contributed by atoms with E-state index in [1.807, 2.05) is 39.0 Å². The molecule has 0 aliphatic carbocycles. The van der Waals surface area contributed by atoms with E-state index in [2.05, 4.69) is 17.5 Å². The molecule has 6 bridgehead atoms. The van der Waals surface area contributed by atoms with Crippen molar-refractivity contribution < 1.29 is 28.7 Å². The molecule has 10 heteroatoms. The number of nitrogens with zero attached hydrogens (tertiary/aromatic N) is 2. The summed E-state index contributed by atoms with van der Waals surface area (Å²) in [5, 5.41) is 2.67. The first-order valence-electron chi connectivity index (χ1n) is 12.8. The number of primary amides is 1. The summed E-state index contributed by atoms with van der Waals surface area (Å²) in [5.41, 5.74) is 8.32. The Kier molecular flexibility index (Phi) is 7.75. The molecule has 0 radical (unpaired) electrons. The van der Waals surface area contributed by atoms with Gasteiger partial charge in [0.2, 0.25) is 11.8 Å². The van der Waals surface area contributed by atoms with Crippen molar-refractivity contribution in [3.8, 4) is 0 Å². The Hall–Kier alpha value is -3.56. The zero-order valence-corrected chi connectivity index (χ0v) is 21.7. The minimum Gasteiger partial charge on any atom is -0.450 e. The van der Waals surface area contributed by atoms with Gasteiger partial charge in [0.15, 0.2) is 0 Å². The molecular formula is C27H36N4O6. The van der Waals surface area contributed by atoms with Crippen molar-refractivity contribution in [1.29, 1.82) is 0 Å². The first-order chi connectivity index (χ1) is 17.5. The first-order valence-corrected chi connectivity index (χ1v) is 12.8. The van der Waals surface area contributed by atoms with Crippen molar-refractivity contribution in [2.45, 2.75) is 71.2 Å². The molecule has 4 heterocycles. The van der Waals surface area contributed by atoms with Crippen LogP contribution in [-0.2, 0) is 32.0 Å². The number of allylic oxidation sites excluding steroid dienone is 1. The summed E-state index contributed by atoms with van der Waals surface area (Å²) in [5.74, 6) is -1.16. The SMILES string of the molecule is CC(C)(C)[C@@H]1NC(=O)OCCC/C=C/c2cccc3c2CCN(C3)C(=O)O[C@@H]2CC(C(N)=O)N(C2)C1=O. The summed E-state index contributed by atoms with van der Waals surface area (Å²) in [6.07, 6.45) is 4.37. The Bertz CT molecular complexity index is 1090. The summed E-state index contributed by atoms with van der Waals surface area (Å²) in [4.78, 5) is 54.4. The number of hydrogen-bond acceptors (Lipinski definition) is 6. The highest BCUT2D eigenvalue weighted by atomic mass is 16.6. The van der Waals surface area contributed by atoms with Crippen LogP contribution in [0.25, 0.3) is 6.08 Å². The average Bonchev–Trinajstić information content (AvgIpc) is 3.27. The van der Waals surface area contributed by atoms with E-state index in [4.69, 9.17) is 15.2 Å². The van der Waals surface area contributed by atoms with Crippen molar-refractivity contribution in [3.63, 3.8) is 0 Å². The largest absolute Gasteiger partial charge is 0.450 e. The van der Waals surface area contributed by atoms with E-state index in [0.29, 0.717) is 32.4 Å².